The number of rotatable bonds is 5. The van der Waals surface area contributed by atoms with Gasteiger partial charge in [0.1, 0.15) is 0 Å². The van der Waals surface area contributed by atoms with Crippen LogP contribution in [0.25, 0.3) is 0 Å². The number of halogens is 3. The minimum atomic E-state index is -5.08. The maximum absolute atomic E-state index is 12.0. The molecule has 1 rings (SSSR count). The molecule has 1 amide bonds. The van der Waals surface area contributed by atoms with E-state index >= 15 is 0 Å². The number of hydrogen-bond donors (Lipinski definition) is 3. The fourth-order valence-electron chi connectivity index (χ4n) is 2.16. The number of carboxylic acids is 1. The van der Waals surface area contributed by atoms with Gasteiger partial charge in [-0.3, -0.25) is 4.79 Å². The monoisotopic (exact) mass is 341 g/mol. The quantitative estimate of drug-likeness (QED) is 0.656. The number of carbonyl (C=O) groups excluding carboxylic acids is 1. The van der Waals surface area contributed by atoms with Gasteiger partial charge in [0.05, 0.1) is 6.04 Å². The van der Waals surface area contributed by atoms with Crippen LogP contribution in [0.5, 0.6) is 0 Å². The van der Waals surface area contributed by atoms with Gasteiger partial charge in [0, 0.05) is 13.1 Å². The van der Waals surface area contributed by atoms with E-state index in [1.165, 1.54) is 12.8 Å². The van der Waals surface area contributed by atoms with Crippen molar-refractivity contribution in [1.82, 2.24) is 4.90 Å². The number of nitrogens with zero attached hydrogens (tertiary/aromatic N) is 1. The van der Waals surface area contributed by atoms with Crippen molar-refractivity contribution in [1.29, 1.82) is 0 Å². The van der Waals surface area contributed by atoms with Crippen molar-refractivity contribution in [3.8, 4) is 0 Å². The molecule has 1 aliphatic rings. The first kappa shape index (κ1) is 21.6. The predicted octanol–water partition coefficient (Wildman–Crippen LogP) is 1.48. The van der Waals surface area contributed by atoms with Gasteiger partial charge < -0.3 is 21.5 Å². The van der Waals surface area contributed by atoms with Crippen molar-refractivity contribution in [3.63, 3.8) is 0 Å². The number of carboxylic acid groups (broad SMARTS) is 1. The summed E-state index contributed by atoms with van der Waals surface area (Å²) < 4.78 is 31.7. The third kappa shape index (κ3) is 10.1. The molecule has 0 radical (unpaired) electrons. The van der Waals surface area contributed by atoms with Crippen molar-refractivity contribution in [3.05, 3.63) is 0 Å². The van der Waals surface area contributed by atoms with E-state index < -0.39 is 12.1 Å². The number of carbonyl (C=O) groups is 2. The highest BCUT2D eigenvalue weighted by Crippen LogP contribution is 2.13. The molecule has 6 nitrogen and oxygen atoms in total. The molecule has 0 bridgehead atoms. The van der Waals surface area contributed by atoms with Gasteiger partial charge in [0.25, 0.3) is 0 Å². The SMILES string of the molecule is NCCCC[C@H](N)C(=O)N1CCCCCC1.O=C(O)C(F)(F)F. The second kappa shape index (κ2) is 11.2. The topological polar surface area (TPSA) is 110 Å². The van der Waals surface area contributed by atoms with E-state index in [1.807, 2.05) is 4.90 Å². The summed E-state index contributed by atoms with van der Waals surface area (Å²) in [6.07, 6.45) is 2.34. The highest BCUT2D eigenvalue weighted by Gasteiger charge is 2.38. The van der Waals surface area contributed by atoms with Crippen molar-refractivity contribution in [2.75, 3.05) is 19.6 Å². The molecular weight excluding hydrogens is 315 g/mol. The van der Waals surface area contributed by atoms with Crippen LogP contribution >= 0.6 is 0 Å². The van der Waals surface area contributed by atoms with Crippen LogP contribution in [-0.4, -0.2) is 53.7 Å². The highest BCUT2D eigenvalue weighted by molar-refractivity contribution is 5.81. The van der Waals surface area contributed by atoms with Crippen LogP contribution in [0.2, 0.25) is 0 Å². The summed E-state index contributed by atoms with van der Waals surface area (Å²) in [4.78, 5) is 22.9. The molecule has 0 spiro atoms. The van der Waals surface area contributed by atoms with Crippen LogP contribution in [0.3, 0.4) is 0 Å². The van der Waals surface area contributed by atoms with Gasteiger partial charge in [0.15, 0.2) is 0 Å². The number of likely N-dealkylation sites (tertiary alicyclic amines) is 1. The zero-order chi connectivity index (χ0) is 17.9. The average molecular weight is 341 g/mol. The van der Waals surface area contributed by atoms with Gasteiger partial charge in [-0.05, 0) is 32.2 Å². The van der Waals surface area contributed by atoms with Crippen LogP contribution in [0.1, 0.15) is 44.9 Å². The number of amides is 1. The van der Waals surface area contributed by atoms with E-state index in [4.69, 9.17) is 21.4 Å². The zero-order valence-electron chi connectivity index (χ0n) is 13.1. The number of alkyl halides is 3. The number of hydrogen-bond acceptors (Lipinski definition) is 4. The normalized spacial score (nSPS) is 16.8. The Labute approximate surface area is 134 Å². The van der Waals surface area contributed by atoms with Crippen LogP contribution in [0.15, 0.2) is 0 Å². The summed E-state index contributed by atoms with van der Waals surface area (Å²) in [5, 5.41) is 7.12. The standard InChI is InChI=1S/C12H25N3O.C2HF3O2/c13-8-4-3-7-11(14)12(16)15-9-5-1-2-6-10-15;3-2(4,5)1(6)7/h11H,1-10,13-14H2;(H,6,7)/t11-;/m0./s1. The molecule has 136 valence electrons. The maximum atomic E-state index is 12.0. The second-order valence-corrected chi connectivity index (χ2v) is 5.43. The number of unbranched alkanes of at least 4 members (excludes halogenated alkanes) is 1. The highest BCUT2D eigenvalue weighted by atomic mass is 19.4. The lowest BCUT2D eigenvalue weighted by Gasteiger charge is -2.23. The fourth-order valence-corrected chi connectivity index (χ4v) is 2.16. The average Bonchev–Trinajstić information content (AvgIpc) is 2.75. The minimum absolute atomic E-state index is 0.138. The Morgan fingerprint density at radius 2 is 1.57 bits per heavy atom. The summed E-state index contributed by atoms with van der Waals surface area (Å²) in [6.45, 7) is 2.47. The molecule has 0 aromatic rings. The Morgan fingerprint density at radius 1 is 1.09 bits per heavy atom. The van der Waals surface area contributed by atoms with Crippen molar-refractivity contribution in [2.24, 2.45) is 11.5 Å². The number of nitrogens with two attached hydrogens (primary N) is 2. The van der Waals surface area contributed by atoms with Gasteiger partial charge >= 0.3 is 12.1 Å². The lowest BCUT2D eigenvalue weighted by atomic mass is 10.1. The first-order valence-corrected chi connectivity index (χ1v) is 7.74. The molecule has 0 saturated carbocycles. The second-order valence-electron chi connectivity index (χ2n) is 5.43. The predicted molar refractivity (Wildman–Crippen MR) is 79.6 cm³/mol. The molecular formula is C14H26F3N3O3. The lowest BCUT2D eigenvalue weighted by Crippen LogP contribution is -2.44. The van der Waals surface area contributed by atoms with E-state index in [0.717, 1.165) is 45.2 Å². The van der Waals surface area contributed by atoms with E-state index in [2.05, 4.69) is 0 Å². The van der Waals surface area contributed by atoms with Gasteiger partial charge in [0.2, 0.25) is 5.91 Å². The Kier molecular flexibility index (Phi) is 10.6. The first-order chi connectivity index (χ1) is 10.7. The smallest absolute Gasteiger partial charge is 0.475 e. The summed E-state index contributed by atoms with van der Waals surface area (Å²) in [5.41, 5.74) is 11.3. The van der Waals surface area contributed by atoms with Crippen LogP contribution in [0, 0.1) is 0 Å². The molecule has 0 unspecified atom stereocenters. The fraction of sp³-hybridized carbons (Fsp3) is 0.857. The molecule has 9 heteroatoms. The van der Waals surface area contributed by atoms with E-state index in [0.29, 0.717) is 6.54 Å². The van der Waals surface area contributed by atoms with Gasteiger partial charge in [-0.25, -0.2) is 4.79 Å². The van der Waals surface area contributed by atoms with Crippen molar-refractivity contribution < 1.29 is 27.9 Å². The molecule has 1 heterocycles. The van der Waals surface area contributed by atoms with Gasteiger partial charge in [-0.1, -0.05) is 19.3 Å². The maximum Gasteiger partial charge on any atom is 0.490 e. The van der Waals surface area contributed by atoms with E-state index in [-0.39, 0.29) is 11.9 Å². The molecule has 0 aliphatic carbocycles. The molecule has 1 fully saturated rings. The Bertz CT molecular complexity index is 357. The van der Waals surface area contributed by atoms with E-state index in [1.54, 1.807) is 0 Å². The summed E-state index contributed by atoms with van der Waals surface area (Å²) in [5.74, 6) is -2.62. The molecule has 23 heavy (non-hydrogen) atoms. The zero-order valence-corrected chi connectivity index (χ0v) is 13.1. The van der Waals surface area contributed by atoms with Gasteiger partial charge in [-0.2, -0.15) is 13.2 Å². The molecule has 1 atom stereocenters. The Hall–Kier alpha value is -1.35. The molecule has 1 aliphatic heterocycles. The van der Waals surface area contributed by atoms with Crippen LogP contribution < -0.4 is 11.5 Å². The number of aliphatic carboxylic acids is 1. The molecule has 0 aromatic heterocycles. The molecule has 5 N–H and O–H groups in total. The largest absolute Gasteiger partial charge is 0.490 e. The summed E-state index contributed by atoms with van der Waals surface area (Å²) in [6, 6.07) is -0.315. The lowest BCUT2D eigenvalue weighted by molar-refractivity contribution is -0.192. The first-order valence-electron chi connectivity index (χ1n) is 7.74. The third-order valence-corrected chi connectivity index (χ3v) is 3.45. The Morgan fingerprint density at radius 3 is 1.96 bits per heavy atom. The van der Waals surface area contributed by atoms with Crippen LogP contribution in [0.4, 0.5) is 13.2 Å². The van der Waals surface area contributed by atoms with Crippen LogP contribution in [-0.2, 0) is 9.59 Å². The van der Waals surface area contributed by atoms with Crippen molar-refractivity contribution in [2.45, 2.75) is 57.2 Å². The van der Waals surface area contributed by atoms with E-state index in [9.17, 15) is 18.0 Å². The summed E-state index contributed by atoms with van der Waals surface area (Å²) >= 11 is 0. The third-order valence-electron chi connectivity index (χ3n) is 3.45. The summed E-state index contributed by atoms with van der Waals surface area (Å²) in [7, 11) is 0. The van der Waals surface area contributed by atoms with Crippen molar-refractivity contribution >= 4 is 11.9 Å². The minimum Gasteiger partial charge on any atom is -0.475 e. The van der Waals surface area contributed by atoms with Gasteiger partial charge in [-0.15, -0.1) is 0 Å². The molecule has 0 aromatic carbocycles. The molecule has 1 saturated heterocycles. The Balaban J connectivity index is 0.000000585.